The van der Waals surface area contributed by atoms with Crippen LogP contribution in [0.25, 0.3) is 0 Å². The number of amides is 3. The van der Waals surface area contributed by atoms with E-state index in [0.717, 1.165) is 19.3 Å². The lowest BCUT2D eigenvalue weighted by Crippen LogP contribution is -2.59. The van der Waals surface area contributed by atoms with Crippen LogP contribution in [0.1, 0.15) is 93.4 Å². The van der Waals surface area contributed by atoms with Crippen molar-refractivity contribution in [1.82, 2.24) is 15.5 Å². The number of alkyl carbamates (subject to hydrolysis) is 1. The SMILES string of the molecule is [B]C1C(O[Si](C)(C)C(C)(C)C)C[C@H]2C(=O)N[C@]3(C(=O)OCC)CC3/C=C\CCCCC[C@H](NC(=O)OC(C)(C)C)C(=O)N12. The molecule has 3 unspecified atom stereocenters. The molecule has 0 aromatic carbocycles. The van der Waals surface area contributed by atoms with E-state index in [4.69, 9.17) is 21.7 Å². The van der Waals surface area contributed by atoms with Crippen LogP contribution in [0.15, 0.2) is 12.2 Å². The monoisotopic (exact) mass is 617 g/mol. The average Bonchev–Trinajstić information content (AvgIpc) is 3.47. The summed E-state index contributed by atoms with van der Waals surface area (Å²) >= 11 is 0. The molecule has 2 fully saturated rings. The highest BCUT2D eigenvalue weighted by molar-refractivity contribution is 6.74. The predicted octanol–water partition coefficient (Wildman–Crippen LogP) is 4.32. The van der Waals surface area contributed by atoms with Gasteiger partial charge in [-0.3, -0.25) is 9.59 Å². The van der Waals surface area contributed by atoms with Gasteiger partial charge in [-0.05, 0) is 71.5 Å². The van der Waals surface area contributed by atoms with Gasteiger partial charge in [0.1, 0.15) is 31.1 Å². The molecule has 1 saturated heterocycles. The predicted molar refractivity (Wildman–Crippen MR) is 168 cm³/mol. The van der Waals surface area contributed by atoms with Gasteiger partial charge in [-0.2, -0.15) is 0 Å². The van der Waals surface area contributed by atoms with Crippen LogP contribution in [0.2, 0.25) is 18.1 Å². The van der Waals surface area contributed by atoms with Crippen LogP contribution in [0.5, 0.6) is 0 Å². The molecule has 3 aliphatic rings. The van der Waals surface area contributed by atoms with Gasteiger partial charge < -0.3 is 29.4 Å². The Bertz CT molecular complexity index is 1090. The van der Waals surface area contributed by atoms with Crippen molar-refractivity contribution in [2.24, 2.45) is 5.92 Å². The van der Waals surface area contributed by atoms with Crippen molar-refractivity contribution < 1.29 is 33.1 Å². The third kappa shape index (κ3) is 8.44. The first-order valence-electron chi connectivity index (χ1n) is 15.7. The third-order valence-electron chi connectivity index (χ3n) is 9.02. The molecule has 3 amide bonds. The van der Waals surface area contributed by atoms with Crippen LogP contribution >= 0.6 is 0 Å². The van der Waals surface area contributed by atoms with E-state index in [-0.39, 0.29) is 24.0 Å². The van der Waals surface area contributed by atoms with E-state index in [1.165, 1.54) is 4.90 Å². The number of hydrogen-bond acceptors (Lipinski definition) is 7. The highest BCUT2D eigenvalue weighted by Crippen LogP contribution is 2.47. The van der Waals surface area contributed by atoms with E-state index >= 15 is 0 Å². The summed E-state index contributed by atoms with van der Waals surface area (Å²) < 4.78 is 17.5. The molecule has 2 heterocycles. The van der Waals surface area contributed by atoms with Crippen molar-refractivity contribution in [3.63, 3.8) is 0 Å². The quantitative estimate of drug-likeness (QED) is 0.268. The van der Waals surface area contributed by atoms with Gasteiger partial charge in [-0.1, -0.05) is 45.8 Å². The molecule has 0 aromatic rings. The number of ether oxygens (including phenoxy) is 2. The van der Waals surface area contributed by atoms with Gasteiger partial charge in [-0.25, -0.2) is 9.59 Å². The van der Waals surface area contributed by atoms with E-state index in [9.17, 15) is 19.2 Å². The maximum atomic E-state index is 14.3. The van der Waals surface area contributed by atoms with Crippen molar-refractivity contribution >= 4 is 40.0 Å². The fourth-order valence-corrected chi connectivity index (χ4v) is 6.86. The first kappa shape index (κ1) is 35.1. The summed E-state index contributed by atoms with van der Waals surface area (Å²) in [7, 11) is 4.41. The van der Waals surface area contributed by atoms with Gasteiger partial charge in [-0.15, -0.1) is 0 Å². The molecule has 0 spiro atoms. The molecule has 1 saturated carbocycles. The van der Waals surface area contributed by atoms with E-state index in [2.05, 4.69) is 44.5 Å². The standard InChI is InChI=1S/C31H52BN3O7Si/c1-10-40-27(38)31-19-20(31)16-14-12-11-13-15-17-21(33-28(39)41-29(2,3)4)26(37)35-22(25(36)34-31)18-23(24(35)32)42-43(8,9)30(5,6)7/h14,16,20-24H,10-13,15,17-19H2,1-9H3,(H,33,39)(H,34,36)/b16-14-/t20?,21-,22-,23?,24?,31+/m0/s1. The Labute approximate surface area is 259 Å². The number of fused-ring (bicyclic) bond motifs is 2. The van der Waals surface area contributed by atoms with Gasteiger partial charge in [0.05, 0.1) is 12.7 Å². The number of rotatable bonds is 5. The zero-order valence-corrected chi connectivity index (χ0v) is 28.6. The van der Waals surface area contributed by atoms with E-state index in [1.807, 2.05) is 12.2 Å². The second kappa shape index (κ2) is 13.3. The Hall–Kier alpha value is -2.34. The fourth-order valence-electron chi connectivity index (χ4n) is 5.51. The lowest BCUT2D eigenvalue weighted by molar-refractivity contribution is -0.150. The smallest absolute Gasteiger partial charge is 0.408 e. The number of nitrogens with zero attached hydrogens (tertiary/aromatic N) is 1. The number of nitrogens with one attached hydrogen (secondary N) is 2. The van der Waals surface area contributed by atoms with Crippen molar-refractivity contribution in [3.05, 3.63) is 12.2 Å². The average molecular weight is 618 g/mol. The lowest BCUT2D eigenvalue weighted by atomic mass is 9.91. The molecule has 2 N–H and O–H groups in total. The van der Waals surface area contributed by atoms with Crippen molar-refractivity contribution in [2.45, 2.75) is 147 Å². The minimum absolute atomic E-state index is 0.127. The van der Waals surface area contributed by atoms with E-state index in [1.54, 1.807) is 27.7 Å². The van der Waals surface area contributed by atoms with Crippen molar-refractivity contribution in [3.8, 4) is 0 Å². The molecule has 2 radical (unpaired) electrons. The highest BCUT2D eigenvalue weighted by atomic mass is 28.4. The first-order chi connectivity index (χ1) is 19.8. The van der Waals surface area contributed by atoms with Crippen LogP contribution < -0.4 is 10.6 Å². The molecule has 3 rings (SSSR count). The maximum Gasteiger partial charge on any atom is 0.408 e. The van der Waals surface area contributed by atoms with Crippen LogP contribution in [-0.2, 0) is 28.3 Å². The van der Waals surface area contributed by atoms with Crippen LogP contribution in [0, 0.1) is 5.92 Å². The maximum absolute atomic E-state index is 14.3. The number of carbonyl (C=O) groups is 4. The normalized spacial score (nSPS) is 31.5. The molecular formula is C31H52BN3O7Si. The molecule has 10 nitrogen and oxygen atoms in total. The Morgan fingerprint density at radius 3 is 2.42 bits per heavy atom. The number of esters is 1. The third-order valence-corrected chi connectivity index (χ3v) is 13.5. The Morgan fingerprint density at radius 2 is 1.81 bits per heavy atom. The number of carbonyl (C=O) groups excluding carboxylic acids is 4. The molecule has 43 heavy (non-hydrogen) atoms. The zero-order chi connectivity index (χ0) is 32.4. The molecule has 6 atom stereocenters. The van der Waals surface area contributed by atoms with Gasteiger partial charge in [0, 0.05) is 18.3 Å². The van der Waals surface area contributed by atoms with Gasteiger partial charge in [0.25, 0.3) is 0 Å². The molecular weight excluding hydrogens is 565 g/mol. The summed E-state index contributed by atoms with van der Waals surface area (Å²) in [6.07, 6.45) is 6.86. The largest absolute Gasteiger partial charge is 0.464 e. The van der Waals surface area contributed by atoms with Gasteiger partial charge in [0.15, 0.2) is 8.32 Å². The second-order valence-electron chi connectivity index (χ2n) is 14.7. The van der Waals surface area contributed by atoms with Crippen molar-refractivity contribution in [2.75, 3.05) is 6.61 Å². The fraction of sp³-hybridized carbons (Fsp3) is 0.806. The number of allylic oxidation sites excluding steroid dienone is 1. The summed E-state index contributed by atoms with van der Waals surface area (Å²) in [5.41, 5.74) is -1.94. The van der Waals surface area contributed by atoms with E-state index in [0.29, 0.717) is 19.3 Å². The Balaban J connectivity index is 2.00. The van der Waals surface area contributed by atoms with Crippen molar-refractivity contribution in [1.29, 1.82) is 0 Å². The van der Waals surface area contributed by atoms with Gasteiger partial charge in [0.2, 0.25) is 11.8 Å². The summed E-state index contributed by atoms with van der Waals surface area (Å²) in [6, 6.07) is -1.95. The van der Waals surface area contributed by atoms with Crippen LogP contribution in [0.3, 0.4) is 0 Å². The minimum Gasteiger partial charge on any atom is -0.464 e. The topological polar surface area (TPSA) is 123 Å². The summed E-state index contributed by atoms with van der Waals surface area (Å²) in [5.74, 6) is -2.56. The number of hydrogen-bond donors (Lipinski definition) is 2. The second-order valence-corrected chi connectivity index (χ2v) is 19.4. The minimum atomic E-state index is -2.34. The molecule has 12 heteroatoms. The zero-order valence-electron chi connectivity index (χ0n) is 27.6. The molecule has 240 valence electrons. The van der Waals surface area contributed by atoms with Crippen LogP contribution in [0.4, 0.5) is 4.79 Å². The van der Waals surface area contributed by atoms with Gasteiger partial charge >= 0.3 is 12.1 Å². The first-order valence-corrected chi connectivity index (χ1v) is 18.6. The summed E-state index contributed by atoms with van der Waals surface area (Å²) in [6.45, 7) is 17.7. The molecule has 0 aromatic heterocycles. The highest BCUT2D eigenvalue weighted by Gasteiger charge is 2.62. The van der Waals surface area contributed by atoms with Crippen LogP contribution in [-0.4, -0.2) is 86.8 Å². The Kier molecular flexibility index (Phi) is 10.9. The molecule has 2 aliphatic heterocycles. The molecule has 1 aliphatic carbocycles. The Morgan fingerprint density at radius 1 is 1.14 bits per heavy atom. The lowest BCUT2D eigenvalue weighted by Gasteiger charge is -2.40. The summed E-state index contributed by atoms with van der Waals surface area (Å²) in [5, 5.41) is 5.59. The van der Waals surface area contributed by atoms with E-state index < -0.39 is 67.5 Å². The summed E-state index contributed by atoms with van der Waals surface area (Å²) in [4.78, 5) is 55.6. The molecule has 0 bridgehead atoms.